The zero-order valence-electron chi connectivity index (χ0n) is 42.0. The van der Waals surface area contributed by atoms with Crippen LogP contribution in [0.1, 0.15) is 22.3 Å². The molecule has 15 rings (SSSR count). The average Bonchev–Trinajstić information content (AvgIpc) is 4.13. The van der Waals surface area contributed by atoms with E-state index in [4.69, 9.17) is 9.15 Å². The van der Waals surface area contributed by atoms with Gasteiger partial charge >= 0.3 is 0 Å². The van der Waals surface area contributed by atoms with Crippen molar-refractivity contribution in [1.29, 1.82) is 0 Å². The molecule has 0 N–H and O–H groups in total. The van der Waals surface area contributed by atoms with Crippen molar-refractivity contribution in [2.75, 3.05) is 4.90 Å². The molecule has 1 aliphatic heterocycles. The van der Waals surface area contributed by atoms with Crippen LogP contribution in [-0.4, -0.2) is 31.4 Å². The Morgan fingerprint density at radius 2 is 1.03 bits per heavy atom. The third kappa shape index (κ3) is 6.27. The third-order valence-corrected chi connectivity index (χ3v) is 17.8. The van der Waals surface area contributed by atoms with Crippen LogP contribution in [0.2, 0.25) is 0 Å². The van der Waals surface area contributed by atoms with Gasteiger partial charge in [0.1, 0.15) is 54.1 Å². The molecular formula is C67H45B4NO2S. The zero-order valence-corrected chi connectivity index (χ0v) is 42.9. The minimum absolute atomic E-state index is 0.726. The van der Waals surface area contributed by atoms with Crippen LogP contribution in [0, 0.1) is 0 Å². The summed E-state index contributed by atoms with van der Waals surface area (Å²) in [6, 6.07) is 82.0. The quantitative estimate of drug-likeness (QED) is 0.155. The standard InChI is InChI=1S/C67H45B4NO2S/c68-61-59(46-25-15-24-45-44-23-9-14-32-57(44)75-66(45)46)62(69)64(71)63(70)60(61)48-36-41(37-52-65(48)74-55-30-13-12-28-51(55)67(52)49-26-10-7-21-42(49)43-22-8-11-27-50(43)67)72(40-19-5-2-6-20-40)53-29-16-31-56-58(53)47-35-39(33-34-54(47)73-56)38-17-3-1-4-18-38/h1-37H,68-71H2. The van der Waals surface area contributed by atoms with Crippen molar-refractivity contribution in [3.05, 3.63) is 247 Å². The van der Waals surface area contributed by atoms with Gasteiger partial charge in [0, 0.05) is 53.6 Å². The second-order valence-electron chi connectivity index (χ2n) is 20.3. The maximum absolute atomic E-state index is 7.60. The third-order valence-electron chi connectivity index (χ3n) is 16.6. The summed E-state index contributed by atoms with van der Waals surface area (Å²) in [5.41, 5.74) is 23.4. The summed E-state index contributed by atoms with van der Waals surface area (Å²) in [6.45, 7) is 0. The van der Waals surface area contributed by atoms with E-state index in [1.165, 1.54) is 81.0 Å². The van der Waals surface area contributed by atoms with Crippen molar-refractivity contribution in [2.45, 2.75) is 5.41 Å². The van der Waals surface area contributed by atoms with E-state index in [-0.39, 0.29) is 0 Å². The molecule has 13 aromatic rings. The molecule has 8 heteroatoms. The highest BCUT2D eigenvalue weighted by atomic mass is 32.1. The maximum atomic E-state index is 7.60. The predicted octanol–water partition coefficient (Wildman–Crippen LogP) is 11.9. The molecule has 3 heterocycles. The van der Waals surface area contributed by atoms with E-state index >= 15 is 0 Å². The SMILES string of the molecule is Bc1c(B)c(-c2cc(N(c3ccccc3)c3cccc4oc5ccc(-c6ccccc6)cc5c34)cc3c2Oc2ccccc2C32c3ccccc3-c3ccccc32)c(B)c(-c2cccc3c2sc2ccccc23)c1B. The molecule has 1 spiro atoms. The molecule has 0 saturated carbocycles. The van der Waals surface area contributed by atoms with E-state index in [2.05, 4.69) is 261 Å². The van der Waals surface area contributed by atoms with Gasteiger partial charge in [-0.2, -0.15) is 0 Å². The highest BCUT2D eigenvalue weighted by molar-refractivity contribution is 7.26. The number of nitrogens with zero attached hydrogens (tertiary/aromatic N) is 1. The summed E-state index contributed by atoms with van der Waals surface area (Å²) in [4.78, 5) is 2.46. The van der Waals surface area contributed by atoms with Gasteiger partial charge in [-0.25, -0.2) is 0 Å². The Morgan fingerprint density at radius 1 is 0.400 bits per heavy atom. The normalized spacial score (nSPS) is 13.0. The summed E-state index contributed by atoms with van der Waals surface area (Å²) < 4.78 is 17.0. The molecule has 2 aromatic heterocycles. The fraction of sp³-hybridized carbons (Fsp3) is 0.0149. The van der Waals surface area contributed by atoms with Crippen molar-refractivity contribution in [2.24, 2.45) is 0 Å². The number of furan rings is 1. The fourth-order valence-corrected chi connectivity index (χ4v) is 14.4. The Hall–Kier alpha value is -8.70. The number of anilines is 3. The molecular weight excluding hydrogens is 926 g/mol. The molecule has 0 bridgehead atoms. The summed E-state index contributed by atoms with van der Waals surface area (Å²) >= 11 is 1.89. The molecule has 0 fully saturated rings. The van der Waals surface area contributed by atoms with Gasteiger partial charge in [0.05, 0.1) is 16.5 Å². The minimum atomic E-state index is -0.726. The monoisotopic (exact) mass is 971 g/mol. The summed E-state index contributed by atoms with van der Waals surface area (Å²) in [6.07, 6.45) is 0. The fourth-order valence-electron chi connectivity index (χ4n) is 13.2. The number of fused-ring (bicyclic) bond motifs is 15. The predicted molar refractivity (Wildman–Crippen MR) is 328 cm³/mol. The van der Waals surface area contributed by atoms with Gasteiger partial charge in [0.2, 0.25) is 0 Å². The lowest BCUT2D eigenvalue weighted by Crippen LogP contribution is -2.46. The van der Waals surface area contributed by atoms with Gasteiger partial charge in [0.15, 0.2) is 0 Å². The maximum Gasteiger partial charge on any atom is 0.140 e. The van der Waals surface area contributed by atoms with Crippen LogP contribution in [0.3, 0.4) is 0 Å². The molecule has 0 radical (unpaired) electrons. The number of benzene rings is 11. The molecule has 0 unspecified atom stereocenters. The zero-order chi connectivity index (χ0) is 50.1. The number of thiophene rings is 1. The minimum Gasteiger partial charge on any atom is -0.456 e. The Kier molecular flexibility index (Phi) is 9.74. The first-order valence-electron chi connectivity index (χ1n) is 25.9. The lowest BCUT2D eigenvalue weighted by molar-refractivity contribution is 0.438. The van der Waals surface area contributed by atoms with Gasteiger partial charge in [-0.05, 0) is 111 Å². The first-order valence-corrected chi connectivity index (χ1v) is 26.7. The molecule has 3 nitrogen and oxygen atoms in total. The van der Waals surface area contributed by atoms with Crippen LogP contribution in [0.4, 0.5) is 17.1 Å². The topological polar surface area (TPSA) is 25.6 Å². The van der Waals surface area contributed by atoms with Gasteiger partial charge in [-0.15, -0.1) is 16.8 Å². The van der Waals surface area contributed by atoms with Gasteiger partial charge in [-0.1, -0.05) is 180 Å². The number of ether oxygens (including phenoxy) is 1. The van der Waals surface area contributed by atoms with Gasteiger partial charge < -0.3 is 14.1 Å². The molecule has 0 atom stereocenters. The van der Waals surface area contributed by atoms with E-state index in [0.717, 1.165) is 78.3 Å². The summed E-state index contributed by atoms with van der Waals surface area (Å²) in [5.74, 6) is 1.74. The van der Waals surface area contributed by atoms with E-state index < -0.39 is 5.41 Å². The van der Waals surface area contributed by atoms with E-state index in [0.29, 0.717) is 0 Å². The van der Waals surface area contributed by atoms with Crippen molar-refractivity contribution < 1.29 is 9.15 Å². The van der Waals surface area contributed by atoms with Crippen LogP contribution in [-0.2, 0) is 5.41 Å². The Labute approximate surface area is 443 Å². The van der Waals surface area contributed by atoms with E-state index in [9.17, 15) is 0 Å². The lowest BCUT2D eigenvalue weighted by Gasteiger charge is -2.41. The highest BCUT2D eigenvalue weighted by Gasteiger charge is 2.52. The largest absolute Gasteiger partial charge is 0.456 e. The van der Waals surface area contributed by atoms with Crippen LogP contribution >= 0.6 is 11.3 Å². The lowest BCUT2D eigenvalue weighted by atomic mass is 9.61. The summed E-state index contributed by atoms with van der Waals surface area (Å²) in [5, 5.41) is 4.71. The molecule has 2 aliphatic rings. The van der Waals surface area contributed by atoms with Crippen molar-refractivity contribution in [3.8, 4) is 56.0 Å². The molecule has 348 valence electrons. The number of hydrogen-bond acceptors (Lipinski definition) is 4. The molecule has 1 aliphatic carbocycles. The second kappa shape index (κ2) is 16.7. The molecule has 11 aromatic carbocycles. The van der Waals surface area contributed by atoms with Crippen molar-refractivity contribution >= 4 is 124 Å². The van der Waals surface area contributed by atoms with Gasteiger partial charge in [0.25, 0.3) is 0 Å². The number of rotatable bonds is 6. The van der Waals surface area contributed by atoms with Crippen LogP contribution in [0.25, 0.3) is 86.6 Å². The number of hydrogen-bond donors (Lipinski definition) is 0. The van der Waals surface area contributed by atoms with Crippen LogP contribution in [0.15, 0.2) is 229 Å². The van der Waals surface area contributed by atoms with Gasteiger partial charge in [-0.3, -0.25) is 0 Å². The van der Waals surface area contributed by atoms with E-state index in [1.54, 1.807) is 0 Å². The average molecular weight is 971 g/mol. The molecule has 0 saturated heterocycles. The van der Waals surface area contributed by atoms with Crippen molar-refractivity contribution in [1.82, 2.24) is 0 Å². The highest BCUT2D eigenvalue weighted by Crippen LogP contribution is 2.64. The Balaban J connectivity index is 1.09. The van der Waals surface area contributed by atoms with Crippen molar-refractivity contribution in [3.63, 3.8) is 0 Å². The first kappa shape index (κ1) is 43.8. The first-order chi connectivity index (χ1) is 36.9. The smallest absolute Gasteiger partial charge is 0.140 e. The second-order valence-corrected chi connectivity index (χ2v) is 21.4. The molecule has 75 heavy (non-hydrogen) atoms. The molecule has 0 amide bonds. The van der Waals surface area contributed by atoms with Crippen LogP contribution < -0.4 is 31.5 Å². The Morgan fingerprint density at radius 3 is 1.80 bits per heavy atom. The summed E-state index contributed by atoms with van der Waals surface area (Å²) in [7, 11) is 9.29. The van der Waals surface area contributed by atoms with E-state index in [1.807, 2.05) is 11.3 Å². The number of para-hydroxylation sites is 2. The Bertz CT molecular complexity index is 4480. The van der Waals surface area contributed by atoms with Crippen LogP contribution in [0.5, 0.6) is 11.5 Å².